The fraction of sp³-hybridized carbons (Fsp3) is 0.312. The number of aliphatic hydroxyl groups excluding tert-OH is 1. The van der Waals surface area contributed by atoms with E-state index in [9.17, 15) is 13.5 Å². The van der Waals surface area contributed by atoms with Crippen molar-refractivity contribution < 1.29 is 13.5 Å². The highest BCUT2D eigenvalue weighted by molar-refractivity contribution is 7.89. The number of hydrogen-bond acceptors (Lipinski definition) is 4. The molecule has 0 radical (unpaired) electrons. The average Bonchev–Trinajstić information content (AvgIpc) is 2.51. The van der Waals surface area contributed by atoms with E-state index in [-0.39, 0.29) is 16.9 Å². The van der Waals surface area contributed by atoms with Crippen LogP contribution in [-0.4, -0.2) is 24.6 Å². The Labute approximate surface area is 140 Å². The molecule has 1 aliphatic carbocycles. The molecule has 5 nitrogen and oxygen atoms in total. The maximum absolute atomic E-state index is 12.6. The summed E-state index contributed by atoms with van der Waals surface area (Å²) in [5.41, 5.74) is 0.648. The Bertz CT molecular complexity index is 777. The van der Waals surface area contributed by atoms with E-state index < -0.39 is 16.1 Å². The smallest absolute Gasteiger partial charge is 0.241 e. The summed E-state index contributed by atoms with van der Waals surface area (Å²) in [6.45, 7) is 0. The fourth-order valence-electron chi connectivity index (χ4n) is 2.73. The lowest BCUT2D eigenvalue weighted by molar-refractivity contribution is 0.0273. The van der Waals surface area contributed by atoms with Crippen molar-refractivity contribution in [1.29, 1.82) is 0 Å². The first-order chi connectivity index (χ1) is 11.0. The Balaban J connectivity index is 1.89. The van der Waals surface area contributed by atoms with Crippen LogP contribution in [0.25, 0.3) is 0 Å². The predicted molar refractivity (Wildman–Crippen MR) is 87.5 cm³/mol. The second-order valence-electron chi connectivity index (χ2n) is 5.70. The summed E-state index contributed by atoms with van der Waals surface area (Å²) >= 11 is 5.89. The van der Waals surface area contributed by atoms with Crippen molar-refractivity contribution in [3.63, 3.8) is 0 Å². The maximum Gasteiger partial charge on any atom is 0.241 e. The molecule has 1 aromatic carbocycles. The zero-order chi connectivity index (χ0) is 16.4. The first kappa shape index (κ1) is 16.4. The highest BCUT2D eigenvalue weighted by atomic mass is 35.5. The lowest BCUT2D eigenvalue weighted by atomic mass is 9.76. The van der Waals surface area contributed by atoms with Crippen LogP contribution in [0, 0.1) is 5.92 Å². The van der Waals surface area contributed by atoms with Crippen molar-refractivity contribution in [1.82, 2.24) is 9.71 Å². The molecule has 122 valence electrons. The van der Waals surface area contributed by atoms with Gasteiger partial charge in [-0.1, -0.05) is 23.7 Å². The van der Waals surface area contributed by atoms with Crippen LogP contribution in [0.1, 0.15) is 24.6 Å². The number of hydrogen-bond donors (Lipinski definition) is 2. The summed E-state index contributed by atoms with van der Waals surface area (Å²) in [5, 5.41) is 9.91. The van der Waals surface area contributed by atoms with Gasteiger partial charge in [0.05, 0.1) is 22.7 Å². The largest absolute Gasteiger partial charge is 0.393 e. The average molecular weight is 353 g/mol. The number of benzene rings is 1. The maximum atomic E-state index is 12.6. The van der Waals surface area contributed by atoms with E-state index in [0.29, 0.717) is 23.6 Å². The zero-order valence-electron chi connectivity index (χ0n) is 12.3. The van der Waals surface area contributed by atoms with Crippen LogP contribution in [0.4, 0.5) is 0 Å². The molecule has 23 heavy (non-hydrogen) atoms. The van der Waals surface area contributed by atoms with Crippen molar-refractivity contribution >= 4 is 21.6 Å². The molecular formula is C16H17ClN2O3S. The van der Waals surface area contributed by atoms with Crippen LogP contribution in [-0.2, 0) is 10.0 Å². The van der Waals surface area contributed by atoms with E-state index in [1.54, 1.807) is 30.5 Å². The number of halogens is 1. The van der Waals surface area contributed by atoms with Gasteiger partial charge in [-0.05, 0) is 49.1 Å². The molecule has 1 aliphatic rings. The first-order valence-electron chi connectivity index (χ1n) is 7.32. The van der Waals surface area contributed by atoms with E-state index in [0.717, 1.165) is 0 Å². The van der Waals surface area contributed by atoms with E-state index >= 15 is 0 Å². The van der Waals surface area contributed by atoms with Gasteiger partial charge in [0.1, 0.15) is 0 Å². The van der Waals surface area contributed by atoms with Gasteiger partial charge in [0.15, 0.2) is 0 Å². The molecule has 1 aromatic heterocycles. The van der Waals surface area contributed by atoms with E-state index in [4.69, 9.17) is 11.6 Å². The highest BCUT2D eigenvalue weighted by Gasteiger charge is 2.37. The molecule has 1 saturated carbocycles. The van der Waals surface area contributed by atoms with Crippen molar-refractivity contribution in [3.8, 4) is 0 Å². The Morgan fingerprint density at radius 1 is 1.22 bits per heavy atom. The molecule has 1 fully saturated rings. The molecule has 2 N–H and O–H groups in total. The normalized spacial score (nSPS) is 22.3. The molecule has 1 atom stereocenters. The Kier molecular flexibility index (Phi) is 4.68. The van der Waals surface area contributed by atoms with Crippen molar-refractivity contribution in [2.75, 3.05) is 0 Å². The number of pyridine rings is 1. The van der Waals surface area contributed by atoms with Gasteiger partial charge in [-0.2, -0.15) is 0 Å². The summed E-state index contributed by atoms with van der Waals surface area (Å²) in [6, 6.07) is 11.0. The molecule has 0 amide bonds. The van der Waals surface area contributed by atoms with Crippen molar-refractivity contribution in [2.45, 2.75) is 29.9 Å². The number of rotatable bonds is 5. The lowest BCUT2D eigenvalue weighted by Gasteiger charge is -2.37. The van der Waals surface area contributed by atoms with Gasteiger partial charge in [-0.3, -0.25) is 4.98 Å². The minimum Gasteiger partial charge on any atom is -0.393 e. The molecular weight excluding hydrogens is 336 g/mol. The molecule has 0 spiro atoms. The second kappa shape index (κ2) is 6.57. The van der Waals surface area contributed by atoms with Crippen LogP contribution < -0.4 is 4.72 Å². The van der Waals surface area contributed by atoms with Crippen LogP contribution >= 0.6 is 11.6 Å². The van der Waals surface area contributed by atoms with E-state index in [1.165, 1.54) is 12.1 Å². The second-order valence-corrected chi connectivity index (χ2v) is 7.85. The lowest BCUT2D eigenvalue weighted by Crippen LogP contribution is -2.41. The van der Waals surface area contributed by atoms with Crippen LogP contribution in [0.15, 0.2) is 53.6 Å². The third kappa shape index (κ3) is 3.72. The van der Waals surface area contributed by atoms with Gasteiger partial charge in [0.2, 0.25) is 10.0 Å². The molecule has 0 unspecified atom stereocenters. The van der Waals surface area contributed by atoms with Gasteiger partial charge in [0.25, 0.3) is 0 Å². The minimum absolute atomic E-state index is 0.0221. The quantitative estimate of drug-likeness (QED) is 0.866. The Morgan fingerprint density at radius 3 is 2.61 bits per heavy atom. The highest BCUT2D eigenvalue weighted by Crippen LogP contribution is 2.38. The van der Waals surface area contributed by atoms with E-state index in [2.05, 4.69) is 9.71 Å². The number of aliphatic hydroxyl groups is 1. The number of sulfonamides is 1. The van der Waals surface area contributed by atoms with Gasteiger partial charge >= 0.3 is 0 Å². The van der Waals surface area contributed by atoms with E-state index in [1.807, 2.05) is 6.07 Å². The summed E-state index contributed by atoms with van der Waals surface area (Å²) < 4.78 is 28.0. The van der Waals surface area contributed by atoms with Gasteiger partial charge in [-0.15, -0.1) is 0 Å². The minimum atomic E-state index is -3.72. The van der Waals surface area contributed by atoms with Crippen molar-refractivity contribution in [3.05, 3.63) is 59.4 Å². The standard InChI is InChI=1S/C16H17ClN2O3S/c17-12-4-3-5-14(10-12)23(21,22)19-16(11-8-13(20)9-11)15-6-1-2-7-18-15/h1-7,10-11,13,16,19-20H,8-9H2/t11?,13?,16-/m1/s1. The summed E-state index contributed by atoms with van der Waals surface area (Å²) in [5.74, 6) is 0.0221. The molecule has 0 saturated heterocycles. The van der Waals surface area contributed by atoms with Crippen LogP contribution in [0.2, 0.25) is 5.02 Å². The van der Waals surface area contributed by atoms with Gasteiger partial charge < -0.3 is 5.11 Å². The topological polar surface area (TPSA) is 79.3 Å². The molecule has 1 heterocycles. The summed E-state index contributed by atoms with van der Waals surface area (Å²) in [7, 11) is -3.72. The Morgan fingerprint density at radius 2 is 2.00 bits per heavy atom. The number of nitrogens with zero attached hydrogens (tertiary/aromatic N) is 1. The third-order valence-corrected chi connectivity index (χ3v) is 5.69. The summed E-state index contributed by atoms with van der Waals surface area (Å²) in [6.07, 6.45) is 2.37. The first-order valence-corrected chi connectivity index (χ1v) is 9.19. The van der Waals surface area contributed by atoms with Crippen molar-refractivity contribution in [2.24, 2.45) is 5.92 Å². The van der Waals surface area contributed by atoms with Gasteiger partial charge in [0, 0.05) is 11.2 Å². The van der Waals surface area contributed by atoms with Crippen LogP contribution in [0.3, 0.4) is 0 Å². The number of nitrogens with one attached hydrogen (secondary N) is 1. The molecule has 0 aliphatic heterocycles. The number of aromatic nitrogens is 1. The molecule has 0 bridgehead atoms. The molecule has 2 aromatic rings. The van der Waals surface area contributed by atoms with Gasteiger partial charge in [-0.25, -0.2) is 13.1 Å². The predicted octanol–water partition coefficient (Wildman–Crippen LogP) is 2.53. The Hall–Kier alpha value is -1.47. The zero-order valence-corrected chi connectivity index (χ0v) is 13.8. The monoisotopic (exact) mass is 352 g/mol. The molecule has 3 rings (SSSR count). The third-order valence-electron chi connectivity index (χ3n) is 4.02. The van der Waals surface area contributed by atoms with Crippen LogP contribution in [0.5, 0.6) is 0 Å². The summed E-state index contributed by atoms with van der Waals surface area (Å²) in [4.78, 5) is 4.38. The fourth-order valence-corrected chi connectivity index (χ4v) is 4.31. The SMILES string of the molecule is O=S(=O)(N[C@@H](c1ccccn1)C1CC(O)C1)c1cccc(Cl)c1. The molecule has 7 heteroatoms.